The number of hydrogen-bond acceptors (Lipinski definition) is 7. The van der Waals surface area contributed by atoms with Crippen LogP contribution < -0.4 is 14.9 Å². The van der Waals surface area contributed by atoms with Crippen LogP contribution in [0.4, 0.5) is 0 Å². The molecule has 7 heteroatoms. The first-order chi connectivity index (χ1) is 15.4. The molecule has 0 saturated heterocycles. The molecule has 4 rings (SSSR count). The number of methoxy groups -OCH3 is 1. The predicted octanol–water partition coefficient (Wildman–Crippen LogP) is 4.54. The van der Waals surface area contributed by atoms with Crippen molar-refractivity contribution in [3.8, 4) is 34.3 Å². The molecule has 33 heavy (non-hydrogen) atoms. The SMILES string of the molecule is COc1c(-c2ccc(O)cc2CCC(C)(C)O)oc2cc3c(c(O)c2c1=O)CC(C)(C)CO3. The molecule has 0 aliphatic carbocycles. The third-order valence-electron chi connectivity index (χ3n) is 6.00. The maximum absolute atomic E-state index is 13.4. The van der Waals surface area contributed by atoms with Crippen LogP contribution in [0.15, 0.2) is 33.5 Å². The van der Waals surface area contributed by atoms with Crippen molar-refractivity contribution < 1.29 is 29.2 Å². The fourth-order valence-electron chi connectivity index (χ4n) is 4.25. The van der Waals surface area contributed by atoms with Crippen molar-refractivity contribution in [2.75, 3.05) is 13.7 Å². The lowest BCUT2D eigenvalue weighted by Crippen LogP contribution is -2.29. The molecule has 0 amide bonds. The smallest absolute Gasteiger partial charge is 0.239 e. The maximum Gasteiger partial charge on any atom is 0.239 e. The second kappa shape index (κ2) is 7.99. The minimum absolute atomic E-state index is 0.0380. The normalized spacial score (nSPS) is 15.2. The van der Waals surface area contributed by atoms with Crippen molar-refractivity contribution in [2.24, 2.45) is 5.41 Å². The largest absolute Gasteiger partial charge is 0.508 e. The van der Waals surface area contributed by atoms with Gasteiger partial charge in [0.2, 0.25) is 11.2 Å². The summed E-state index contributed by atoms with van der Waals surface area (Å²) < 4.78 is 17.5. The zero-order chi connectivity index (χ0) is 24.1. The topological polar surface area (TPSA) is 109 Å². The highest BCUT2D eigenvalue weighted by molar-refractivity contribution is 5.90. The van der Waals surface area contributed by atoms with Crippen molar-refractivity contribution in [1.29, 1.82) is 0 Å². The first-order valence-electron chi connectivity index (χ1n) is 11.0. The van der Waals surface area contributed by atoms with Crippen LogP contribution in [-0.2, 0) is 12.8 Å². The molecule has 0 atom stereocenters. The van der Waals surface area contributed by atoms with Crippen LogP contribution in [0, 0.1) is 5.41 Å². The Morgan fingerprint density at radius 3 is 2.58 bits per heavy atom. The lowest BCUT2D eigenvalue weighted by atomic mass is 9.83. The van der Waals surface area contributed by atoms with E-state index in [-0.39, 0.29) is 39.4 Å². The molecule has 0 bridgehead atoms. The Kier molecular flexibility index (Phi) is 5.56. The fourth-order valence-corrected chi connectivity index (χ4v) is 4.25. The van der Waals surface area contributed by atoms with Crippen LogP contribution >= 0.6 is 0 Å². The van der Waals surface area contributed by atoms with Gasteiger partial charge >= 0.3 is 0 Å². The molecular weight excluding hydrogens is 424 g/mol. The molecule has 0 unspecified atom stereocenters. The number of fused-ring (bicyclic) bond motifs is 2. The summed E-state index contributed by atoms with van der Waals surface area (Å²) in [6.45, 7) is 7.97. The van der Waals surface area contributed by atoms with Crippen molar-refractivity contribution in [3.05, 3.63) is 45.6 Å². The van der Waals surface area contributed by atoms with Gasteiger partial charge in [-0.25, -0.2) is 0 Å². The number of ether oxygens (including phenoxy) is 2. The van der Waals surface area contributed by atoms with E-state index in [4.69, 9.17) is 13.9 Å². The van der Waals surface area contributed by atoms with Gasteiger partial charge in [0.1, 0.15) is 28.2 Å². The molecule has 176 valence electrons. The van der Waals surface area contributed by atoms with E-state index in [1.54, 1.807) is 32.0 Å². The maximum atomic E-state index is 13.4. The quantitative estimate of drug-likeness (QED) is 0.519. The number of rotatable bonds is 5. The monoisotopic (exact) mass is 454 g/mol. The van der Waals surface area contributed by atoms with E-state index in [9.17, 15) is 20.1 Å². The minimum atomic E-state index is -0.910. The van der Waals surface area contributed by atoms with E-state index in [2.05, 4.69) is 0 Å². The number of aryl methyl sites for hydroxylation is 1. The van der Waals surface area contributed by atoms with Crippen molar-refractivity contribution in [2.45, 2.75) is 52.6 Å². The van der Waals surface area contributed by atoms with Crippen molar-refractivity contribution in [3.63, 3.8) is 0 Å². The molecule has 2 heterocycles. The third kappa shape index (κ3) is 4.37. The molecule has 1 aromatic heterocycles. The second-order valence-corrected chi connectivity index (χ2v) is 10.2. The molecular formula is C26H30O7. The highest BCUT2D eigenvalue weighted by Gasteiger charge is 2.32. The summed E-state index contributed by atoms with van der Waals surface area (Å²) >= 11 is 0. The Bertz CT molecular complexity index is 1280. The summed E-state index contributed by atoms with van der Waals surface area (Å²) in [7, 11) is 1.38. The number of benzene rings is 2. The minimum Gasteiger partial charge on any atom is -0.508 e. The van der Waals surface area contributed by atoms with Gasteiger partial charge in [-0.05, 0) is 56.9 Å². The summed E-state index contributed by atoms with van der Waals surface area (Å²) in [5.74, 6) is 0.558. The van der Waals surface area contributed by atoms with Gasteiger partial charge in [0.05, 0.1) is 19.3 Å². The number of phenolic OH excluding ortho intramolecular Hbond substituents is 2. The first kappa shape index (κ1) is 23.0. The number of aromatic hydroxyl groups is 2. The van der Waals surface area contributed by atoms with Crippen LogP contribution in [0.1, 0.15) is 45.2 Å². The van der Waals surface area contributed by atoms with Gasteiger partial charge in [0.15, 0.2) is 5.76 Å². The standard InChI is InChI=1S/C26H30O7/c1-25(2)12-17-18(32-13-25)11-19-20(21(17)28)22(29)24(31-5)23(33-19)16-7-6-15(27)10-14(16)8-9-26(3,4)30/h6-7,10-11,27-28,30H,8-9,12-13H2,1-5H3. The van der Waals surface area contributed by atoms with Crippen LogP contribution in [0.5, 0.6) is 23.0 Å². The van der Waals surface area contributed by atoms with Crippen molar-refractivity contribution in [1.82, 2.24) is 0 Å². The molecule has 0 fully saturated rings. The van der Waals surface area contributed by atoms with Gasteiger partial charge in [0.25, 0.3) is 0 Å². The molecule has 0 radical (unpaired) electrons. The van der Waals surface area contributed by atoms with E-state index >= 15 is 0 Å². The Hall–Kier alpha value is -3.19. The van der Waals surface area contributed by atoms with Gasteiger partial charge in [-0.1, -0.05) is 13.8 Å². The highest BCUT2D eigenvalue weighted by atomic mass is 16.5. The summed E-state index contributed by atoms with van der Waals surface area (Å²) in [5.41, 5.74) is 0.449. The van der Waals surface area contributed by atoms with Gasteiger partial charge < -0.3 is 29.2 Å². The van der Waals surface area contributed by atoms with E-state index < -0.39 is 11.0 Å². The Morgan fingerprint density at radius 1 is 1.18 bits per heavy atom. The van der Waals surface area contributed by atoms with Gasteiger partial charge in [-0.15, -0.1) is 0 Å². The molecule has 0 spiro atoms. The lowest BCUT2D eigenvalue weighted by molar-refractivity contribution is 0.0714. The van der Waals surface area contributed by atoms with Crippen LogP contribution in [-0.4, -0.2) is 34.6 Å². The van der Waals surface area contributed by atoms with Crippen LogP contribution in [0.2, 0.25) is 0 Å². The average molecular weight is 455 g/mol. The number of hydrogen-bond donors (Lipinski definition) is 3. The number of aliphatic hydroxyl groups is 1. The van der Waals surface area contributed by atoms with Crippen LogP contribution in [0.25, 0.3) is 22.3 Å². The van der Waals surface area contributed by atoms with E-state index in [1.807, 2.05) is 13.8 Å². The van der Waals surface area contributed by atoms with Crippen molar-refractivity contribution >= 4 is 11.0 Å². The first-order valence-corrected chi connectivity index (χ1v) is 11.0. The molecule has 1 aliphatic rings. The van der Waals surface area contributed by atoms with E-state index in [0.29, 0.717) is 48.3 Å². The summed E-state index contributed by atoms with van der Waals surface area (Å²) in [6, 6.07) is 6.38. The zero-order valence-electron chi connectivity index (χ0n) is 19.6. The molecule has 1 aliphatic heterocycles. The average Bonchev–Trinajstić information content (AvgIpc) is 2.72. The molecule has 3 N–H and O–H groups in total. The summed E-state index contributed by atoms with van der Waals surface area (Å²) in [4.78, 5) is 13.4. The van der Waals surface area contributed by atoms with E-state index in [0.717, 1.165) is 0 Å². The molecule has 2 aromatic carbocycles. The second-order valence-electron chi connectivity index (χ2n) is 10.2. The molecule has 0 saturated carbocycles. The summed E-state index contributed by atoms with van der Waals surface area (Å²) in [5, 5.41) is 31.3. The van der Waals surface area contributed by atoms with Gasteiger partial charge in [-0.2, -0.15) is 0 Å². The predicted molar refractivity (Wildman–Crippen MR) is 125 cm³/mol. The van der Waals surface area contributed by atoms with Crippen LogP contribution in [0.3, 0.4) is 0 Å². The Morgan fingerprint density at radius 2 is 1.91 bits per heavy atom. The van der Waals surface area contributed by atoms with Gasteiger partial charge in [-0.3, -0.25) is 4.79 Å². The molecule has 7 nitrogen and oxygen atoms in total. The fraction of sp³-hybridized carbons (Fsp3) is 0.423. The highest BCUT2D eigenvalue weighted by Crippen LogP contribution is 2.44. The number of phenols is 2. The van der Waals surface area contributed by atoms with Gasteiger partial charge in [0, 0.05) is 22.6 Å². The molecule has 3 aromatic rings. The summed E-state index contributed by atoms with van der Waals surface area (Å²) in [6.07, 6.45) is 1.43. The third-order valence-corrected chi connectivity index (χ3v) is 6.00. The Labute approximate surface area is 192 Å². The zero-order valence-corrected chi connectivity index (χ0v) is 19.6. The Balaban J connectivity index is 1.95. The lowest BCUT2D eigenvalue weighted by Gasteiger charge is -2.32. The van der Waals surface area contributed by atoms with E-state index in [1.165, 1.54) is 13.2 Å².